The van der Waals surface area contributed by atoms with E-state index in [4.69, 9.17) is 32.8 Å². The van der Waals surface area contributed by atoms with Gasteiger partial charge >= 0.3 is 0 Å². The van der Waals surface area contributed by atoms with Crippen molar-refractivity contribution in [2.24, 2.45) is 0 Å². The predicted molar refractivity (Wildman–Crippen MR) is 162 cm³/mol. The summed E-state index contributed by atoms with van der Waals surface area (Å²) in [5.41, 5.74) is 1.52. The van der Waals surface area contributed by atoms with E-state index in [1.807, 2.05) is 24.3 Å². The zero-order valence-electron chi connectivity index (χ0n) is 25.0. The van der Waals surface area contributed by atoms with Crippen LogP contribution in [-0.2, 0) is 9.47 Å². The molecule has 41 heavy (non-hydrogen) atoms. The summed E-state index contributed by atoms with van der Waals surface area (Å²) in [4.78, 5) is 0. The molecule has 3 aromatic rings. The summed E-state index contributed by atoms with van der Waals surface area (Å²) in [5, 5.41) is 1.93. The van der Waals surface area contributed by atoms with Crippen LogP contribution in [0.2, 0.25) is 0 Å². The van der Waals surface area contributed by atoms with E-state index in [0.717, 1.165) is 59.5 Å². The van der Waals surface area contributed by atoms with Crippen molar-refractivity contribution in [2.45, 2.75) is 103 Å². The second-order valence-corrected chi connectivity index (χ2v) is 11.5. The Bertz CT molecular complexity index is 1120. The van der Waals surface area contributed by atoms with Crippen molar-refractivity contribution in [3.8, 4) is 23.0 Å². The molecular weight excluding hydrogens is 520 g/mol. The zero-order chi connectivity index (χ0) is 28.3. The average Bonchev–Trinajstić information content (AvgIpc) is 3.92. The van der Waals surface area contributed by atoms with Crippen molar-refractivity contribution in [1.29, 1.82) is 0 Å². The molecule has 2 fully saturated rings. The van der Waals surface area contributed by atoms with E-state index < -0.39 is 0 Å². The highest BCUT2D eigenvalue weighted by molar-refractivity contribution is 6.07. The minimum Gasteiger partial charge on any atom is -0.490 e. The van der Waals surface area contributed by atoms with E-state index in [9.17, 15) is 0 Å². The summed E-state index contributed by atoms with van der Waals surface area (Å²) in [6, 6.07) is 7.99. The molecule has 1 aromatic heterocycles. The maximum atomic E-state index is 6.34. The highest BCUT2D eigenvalue weighted by atomic mass is 16.6. The fourth-order valence-corrected chi connectivity index (χ4v) is 5.07. The summed E-state index contributed by atoms with van der Waals surface area (Å²) < 4.78 is 41.9. The van der Waals surface area contributed by atoms with E-state index in [1.165, 1.54) is 64.2 Å². The third-order valence-corrected chi connectivity index (χ3v) is 7.77. The molecule has 2 aliphatic heterocycles. The topological polar surface area (TPSA) is 75.1 Å². The van der Waals surface area contributed by atoms with Gasteiger partial charge in [-0.05, 0) is 25.0 Å². The van der Waals surface area contributed by atoms with Gasteiger partial charge < -0.3 is 32.8 Å². The number of epoxide rings is 2. The molecule has 7 heteroatoms. The Morgan fingerprint density at radius 2 is 0.927 bits per heavy atom. The number of unbranched alkanes of at least 4 members (excludes halogenated alkanes) is 10. The van der Waals surface area contributed by atoms with E-state index in [2.05, 4.69) is 13.8 Å². The van der Waals surface area contributed by atoms with Gasteiger partial charge in [0.15, 0.2) is 23.0 Å². The van der Waals surface area contributed by atoms with Crippen LogP contribution in [-0.4, -0.2) is 51.8 Å². The zero-order valence-corrected chi connectivity index (χ0v) is 25.0. The minimum absolute atomic E-state index is 0.161. The Balaban J connectivity index is 1.32. The van der Waals surface area contributed by atoms with Gasteiger partial charge in [0.1, 0.15) is 36.6 Å². The number of hydrogen-bond acceptors (Lipinski definition) is 7. The van der Waals surface area contributed by atoms with Crippen molar-refractivity contribution in [3.63, 3.8) is 0 Å². The van der Waals surface area contributed by atoms with E-state index in [1.54, 1.807) is 0 Å². The highest BCUT2D eigenvalue weighted by Gasteiger charge is 2.26. The predicted octanol–water partition coefficient (Wildman–Crippen LogP) is 8.62. The Morgan fingerprint density at radius 3 is 1.34 bits per heavy atom. The van der Waals surface area contributed by atoms with Crippen LogP contribution in [0, 0.1) is 0 Å². The Hall–Kier alpha value is -2.64. The molecule has 0 saturated carbocycles. The van der Waals surface area contributed by atoms with Gasteiger partial charge in [-0.3, -0.25) is 0 Å². The molecule has 2 unspecified atom stereocenters. The Labute approximate surface area is 244 Å². The molecule has 2 aliphatic rings. The first kappa shape index (κ1) is 29.8. The van der Waals surface area contributed by atoms with Crippen LogP contribution in [0.25, 0.3) is 21.9 Å². The first-order valence-corrected chi connectivity index (χ1v) is 16.0. The van der Waals surface area contributed by atoms with Crippen LogP contribution < -0.4 is 18.9 Å². The van der Waals surface area contributed by atoms with Crippen LogP contribution in [0.1, 0.15) is 90.9 Å². The lowest BCUT2D eigenvalue weighted by Gasteiger charge is -2.13. The molecule has 3 heterocycles. The number of fused-ring (bicyclic) bond motifs is 3. The van der Waals surface area contributed by atoms with Gasteiger partial charge in [-0.1, -0.05) is 78.1 Å². The molecule has 0 aliphatic carbocycles. The quantitative estimate of drug-likeness (QED) is 0.0887. The lowest BCUT2D eigenvalue weighted by atomic mass is 10.1. The first-order chi connectivity index (χ1) is 20.2. The lowest BCUT2D eigenvalue weighted by molar-refractivity contribution is 0.239. The van der Waals surface area contributed by atoms with Crippen molar-refractivity contribution in [2.75, 3.05) is 39.6 Å². The van der Waals surface area contributed by atoms with E-state index in [0.29, 0.717) is 37.9 Å². The normalized spacial score (nSPS) is 17.7. The Morgan fingerprint density at radius 1 is 0.537 bits per heavy atom. The molecule has 0 amide bonds. The highest BCUT2D eigenvalue weighted by Crippen LogP contribution is 2.42. The van der Waals surface area contributed by atoms with Gasteiger partial charge in [0.05, 0.1) is 26.4 Å². The monoisotopic (exact) mass is 568 g/mol. The maximum Gasteiger partial charge on any atom is 0.164 e. The maximum absolute atomic E-state index is 6.34. The lowest BCUT2D eigenvalue weighted by Crippen LogP contribution is -2.07. The van der Waals surface area contributed by atoms with Crippen molar-refractivity contribution < 1.29 is 32.8 Å². The van der Waals surface area contributed by atoms with Gasteiger partial charge in [0.2, 0.25) is 0 Å². The van der Waals surface area contributed by atoms with Crippen molar-refractivity contribution >= 4 is 21.9 Å². The van der Waals surface area contributed by atoms with Gasteiger partial charge in [-0.25, -0.2) is 0 Å². The van der Waals surface area contributed by atoms with E-state index >= 15 is 0 Å². The Kier molecular flexibility index (Phi) is 11.3. The van der Waals surface area contributed by atoms with Gasteiger partial charge in [0, 0.05) is 22.9 Å². The number of hydrogen-bond donors (Lipinski definition) is 0. The van der Waals surface area contributed by atoms with Gasteiger partial charge in [0.25, 0.3) is 0 Å². The second kappa shape index (κ2) is 15.5. The number of rotatable bonds is 22. The summed E-state index contributed by atoms with van der Waals surface area (Å²) in [5.74, 6) is 2.87. The molecule has 5 rings (SSSR count). The summed E-state index contributed by atoms with van der Waals surface area (Å²) in [6.07, 6.45) is 14.9. The second-order valence-electron chi connectivity index (χ2n) is 11.5. The number of benzene rings is 2. The average molecular weight is 569 g/mol. The molecule has 7 nitrogen and oxygen atoms in total. The number of ether oxygens (including phenoxy) is 6. The summed E-state index contributed by atoms with van der Waals surface area (Å²) in [7, 11) is 0. The van der Waals surface area contributed by atoms with Crippen LogP contribution in [0.4, 0.5) is 0 Å². The first-order valence-electron chi connectivity index (χ1n) is 16.0. The number of furan rings is 1. The molecule has 226 valence electrons. The van der Waals surface area contributed by atoms with Gasteiger partial charge in [-0.2, -0.15) is 0 Å². The largest absolute Gasteiger partial charge is 0.490 e. The van der Waals surface area contributed by atoms with Crippen LogP contribution in [0.3, 0.4) is 0 Å². The molecule has 2 saturated heterocycles. The van der Waals surface area contributed by atoms with E-state index in [-0.39, 0.29) is 12.2 Å². The minimum atomic E-state index is 0.161. The fraction of sp³-hybridized carbons (Fsp3) is 0.647. The smallest absolute Gasteiger partial charge is 0.164 e. The summed E-state index contributed by atoms with van der Waals surface area (Å²) >= 11 is 0. The summed E-state index contributed by atoms with van der Waals surface area (Å²) in [6.45, 7) is 8.33. The van der Waals surface area contributed by atoms with Crippen LogP contribution in [0.5, 0.6) is 23.0 Å². The van der Waals surface area contributed by atoms with Crippen LogP contribution in [0.15, 0.2) is 28.7 Å². The molecular formula is C34H48O7. The molecule has 2 aromatic carbocycles. The third kappa shape index (κ3) is 9.17. The molecule has 0 N–H and O–H groups in total. The molecule has 0 radical (unpaired) electrons. The molecule has 0 bridgehead atoms. The SMILES string of the molecule is CCCCCCCCOc1cc2oc3cc(OCCCCCCCC)c(OCC4CO4)cc3c2cc1OCC1CO1. The van der Waals surface area contributed by atoms with Crippen LogP contribution >= 0.6 is 0 Å². The fourth-order valence-electron chi connectivity index (χ4n) is 5.07. The third-order valence-electron chi connectivity index (χ3n) is 7.77. The molecule has 2 atom stereocenters. The molecule has 0 spiro atoms. The standard InChI is InChI=1S/C34H48O7/c1-3-5-7-9-11-13-15-35-33-19-29-27(17-31(33)39-23-25-21-37-25)28-18-32(40-24-26-22-38-26)34(20-30(28)41-29)36-16-14-12-10-8-6-4-2/h17-20,25-26H,3-16,21-24H2,1-2H3. The van der Waals surface area contributed by atoms with Crippen molar-refractivity contribution in [1.82, 2.24) is 0 Å². The van der Waals surface area contributed by atoms with Crippen molar-refractivity contribution in [3.05, 3.63) is 24.3 Å². The van der Waals surface area contributed by atoms with Gasteiger partial charge in [-0.15, -0.1) is 0 Å².